The fourth-order valence-corrected chi connectivity index (χ4v) is 3.71. The van der Waals surface area contributed by atoms with E-state index in [0.29, 0.717) is 25.3 Å². The maximum atomic E-state index is 12.5. The van der Waals surface area contributed by atoms with Crippen LogP contribution in [0, 0.1) is 0 Å². The van der Waals surface area contributed by atoms with Crippen molar-refractivity contribution in [2.45, 2.75) is 44.7 Å². The predicted octanol–water partition coefficient (Wildman–Crippen LogP) is 1.91. The van der Waals surface area contributed by atoms with E-state index in [9.17, 15) is 9.59 Å². The van der Waals surface area contributed by atoms with Crippen LogP contribution in [0.15, 0.2) is 23.0 Å². The zero-order valence-electron chi connectivity index (χ0n) is 13.6. The van der Waals surface area contributed by atoms with E-state index in [0.717, 1.165) is 32.2 Å². The van der Waals surface area contributed by atoms with E-state index >= 15 is 0 Å². The predicted molar refractivity (Wildman–Crippen MR) is 84.0 cm³/mol. The minimum Gasteiger partial charge on any atom is -0.472 e. The molecule has 3 rings (SSSR count). The Bertz CT molecular complexity index is 537. The lowest BCUT2D eigenvalue weighted by molar-refractivity contribution is -0.137. The number of likely N-dealkylation sites (tertiary alicyclic amines) is 1. The molecule has 126 valence electrons. The van der Waals surface area contributed by atoms with E-state index in [2.05, 4.69) is 0 Å². The van der Waals surface area contributed by atoms with E-state index < -0.39 is 0 Å². The van der Waals surface area contributed by atoms with Crippen molar-refractivity contribution in [1.29, 1.82) is 0 Å². The Morgan fingerprint density at radius 3 is 2.65 bits per heavy atom. The molecule has 1 aromatic heterocycles. The molecule has 23 heavy (non-hydrogen) atoms. The van der Waals surface area contributed by atoms with Gasteiger partial charge >= 0.3 is 0 Å². The number of carbonyl (C=O) groups excluding carboxylic acids is 2. The van der Waals surface area contributed by atoms with Crippen LogP contribution in [0.2, 0.25) is 0 Å². The standard InChI is InChI=1S/C17H24N2O4/c1-13(20)19(15-5-9-22-10-6-15)16-3-2-7-18(11-16)17(21)14-4-8-23-12-14/h4,8,12,15-16H,2-3,5-7,9-11H2,1H3. The van der Waals surface area contributed by atoms with Gasteiger partial charge in [-0.05, 0) is 31.7 Å². The van der Waals surface area contributed by atoms with E-state index in [-0.39, 0.29) is 23.9 Å². The van der Waals surface area contributed by atoms with Crippen molar-refractivity contribution in [3.63, 3.8) is 0 Å². The SMILES string of the molecule is CC(=O)N(C1CCOCC1)C1CCCN(C(=O)c2ccoc2)C1. The van der Waals surface area contributed by atoms with E-state index in [1.165, 1.54) is 12.5 Å². The molecular formula is C17H24N2O4. The molecule has 6 heteroatoms. The van der Waals surface area contributed by atoms with E-state index in [1.54, 1.807) is 13.0 Å². The molecule has 6 nitrogen and oxygen atoms in total. The number of rotatable bonds is 3. The molecule has 2 saturated heterocycles. The minimum atomic E-state index is -0.0149. The van der Waals surface area contributed by atoms with Gasteiger partial charge in [0.15, 0.2) is 0 Å². The van der Waals surface area contributed by atoms with Crippen LogP contribution in [0.5, 0.6) is 0 Å². The summed E-state index contributed by atoms with van der Waals surface area (Å²) in [5.74, 6) is 0.0819. The fraction of sp³-hybridized carbons (Fsp3) is 0.647. The highest BCUT2D eigenvalue weighted by atomic mass is 16.5. The second-order valence-electron chi connectivity index (χ2n) is 6.33. The van der Waals surface area contributed by atoms with Crippen LogP contribution in [-0.2, 0) is 9.53 Å². The van der Waals surface area contributed by atoms with Crippen LogP contribution < -0.4 is 0 Å². The molecule has 0 aromatic carbocycles. The summed E-state index contributed by atoms with van der Waals surface area (Å²) in [6.07, 6.45) is 6.62. The number of amides is 2. The zero-order valence-corrected chi connectivity index (χ0v) is 13.6. The highest BCUT2D eigenvalue weighted by Gasteiger charge is 2.34. The fourth-order valence-electron chi connectivity index (χ4n) is 3.71. The summed E-state index contributed by atoms with van der Waals surface area (Å²) in [5, 5.41) is 0. The van der Waals surface area contributed by atoms with E-state index in [1.807, 2.05) is 9.80 Å². The van der Waals surface area contributed by atoms with Gasteiger partial charge in [0.2, 0.25) is 5.91 Å². The summed E-state index contributed by atoms with van der Waals surface area (Å²) in [6, 6.07) is 2.02. The third kappa shape index (κ3) is 3.58. The molecule has 2 amide bonds. The minimum absolute atomic E-state index is 0.0149. The Hall–Kier alpha value is -1.82. The van der Waals surface area contributed by atoms with Crippen LogP contribution in [0.4, 0.5) is 0 Å². The number of furan rings is 1. The van der Waals surface area contributed by atoms with Gasteiger partial charge in [0.1, 0.15) is 6.26 Å². The first-order valence-electron chi connectivity index (χ1n) is 8.35. The Balaban J connectivity index is 1.70. The van der Waals surface area contributed by atoms with Crippen molar-refractivity contribution >= 4 is 11.8 Å². The molecular weight excluding hydrogens is 296 g/mol. The number of carbonyl (C=O) groups is 2. The Morgan fingerprint density at radius 2 is 2.00 bits per heavy atom. The smallest absolute Gasteiger partial charge is 0.257 e. The lowest BCUT2D eigenvalue weighted by atomic mass is 9.98. The average Bonchev–Trinajstić information content (AvgIpc) is 3.10. The third-order valence-corrected chi connectivity index (χ3v) is 4.79. The van der Waals surface area contributed by atoms with Gasteiger partial charge in [0, 0.05) is 45.3 Å². The van der Waals surface area contributed by atoms with Crippen molar-refractivity contribution in [3.05, 3.63) is 24.2 Å². The number of piperidine rings is 1. The summed E-state index contributed by atoms with van der Waals surface area (Å²) < 4.78 is 10.4. The molecule has 0 bridgehead atoms. The summed E-state index contributed by atoms with van der Waals surface area (Å²) >= 11 is 0. The molecule has 2 fully saturated rings. The second-order valence-corrected chi connectivity index (χ2v) is 6.33. The zero-order chi connectivity index (χ0) is 16.2. The molecule has 0 saturated carbocycles. The molecule has 2 aliphatic rings. The number of hydrogen-bond donors (Lipinski definition) is 0. The number of hydrogen-bond acceptors (Lipinski definition) is 4. The lowest BCUT2D eigenvalue weighted by Gasteiger charge is -2.43. The molecule has 1 aromatic rings. The Labute approximate surface area is 136 Å². The van der Waals surface area contributed by atoms with Gasteiger partial charge in [-0.1, -0.05) is 0 Å². The first-order chi connectivity index (χ1) is 11.2. The highest BCUT2D eigenvalue weighted by molar-refractivity contribution is 5.94. The van der Waals surface area contributed by atoms with Gasteiger partial charge in [-0.25, -0.2) is 0 Å². The average molecular weight is 320 g/mol. The molecule has 3 heterocycles. The quantitative estimate of drug-likeness (QED) is 0.853. The summed E-state index contributed by atoms with van der Waals surface area (Å²) in [5.41, 5.74) is 0.575. The monoisotopic (exact) mass is 320 g/mol. The van der Waals surface area contributed by atoms with Crippen molar-refractivity contribution < 1.29 is 18.7 Å². The maximum absolute atomic E-state index is 12.5. The molecule has 0 aliphatic carbocycles. The van der Waals surface area contributed by atoms with Gasteiger partial charge in [0.25, 0.3) is 5.91 Å². The molecule has 1 atom stereocenters. The molecule has 0 radical (unpaired) electrons. The van der Waals surface area contributed by atoms with Crippen molar-refractivity contribution in [2.24, 2.45) is 0 Å². The topological polar surface area (TPSA) is 63.0 Å². The number of ether oxygens (including phenoxy) is 1. The molecule has 2 aliphatic heterocycles. The summed E-state index contributed by atoms with van der Waals surface area (Å²) in [7, 11) is 0. The number of nitrogens with zero attached hydrogens (tertiary/aromatic N) is 2. The lowest BCUT2D eigenvalue weighted by Crippen LogP contribution is -2.55. The van der Waals surface area contributed by atoms with Crippen LogP contribution >= 0.6 is 0 Å². The Kier molecular flexibility index (Phi) is 5.00. The molecule has 0 N–H and O–H groups in total. The van der Waals surface area contributed by atoms with Crippen LogP contribution in [-0.4, -0.2) is 60.0 Å². The largest absolute Gasteiger partial charge is 0.472 e. The first kappa shape index (κ1) is 16.1. The van der Waals surface area contributed by atoms with Crippen LogP contribution in [0.1, 0.15) is 43.0 Å². The van der Waals surface area contributed by atoms with Gasteiger partial charge < -0.3 is 19.0 Å². The van der Waals surface area contributed by atoms with E-state index in [4.69, 9.17) is 9.15 Å². The normalized spacial score (nSPS) is 22.8. The van der Waals surface area contributed by atoms with Gasteiger partial charge in [-0.15, -0.1) is 0 Å². The molecule has 1 unspecified atom stereocenters. The van der Waals surface area contributed by atoms with Gasteiger partial charge in [-0.2, -0.15) is 0 Å². The Morgan fingerprint density at radius 1 is 1.22 bits per heavy atom. The van der Waals surface area contributed by atoms with Crippen molar-refractivity contribution in [2.75, 3.05) is 26.3 Å². The first-order valence-corrected chi connectivity index (χ1v) is 8.35. The van der Waals surface area contributed by atoms with Crippen LogP contribution in [0.3, 0.4) is 0 Å². The van der Waals surface area contributed by atoms with Crippen LogP contribution in [0.25, 0.3) is 0 Å². The maximum Gasteiger partial charge on any atom is 0.257 e. The summed E-state index contributed by atoms with van der Waals surface area (Å²) in [6.45, 7) is 4.38. The highest BCUT2D eigenvalue weighted by Crippen LogP contribution is 2.24. The van der Waals surface area contributed by atoms with Gasteiger partial charge in [-0.3, -0.25) is 9.59 Å². The van der Waals surface area contributed by atoms with Crippen molar-refractivity contribution in [3.8, 4) is 0 Å². The summed E-state index contributed by atoms with van der Waals surface area (Å²) in [4.78, 5) is 28.6. The third-order valence-electron chi connectivity index (χ3n) is 4.79. The van der Waals surface area contributed by atoms with Crippen molar-refractivity contribution in [1.82, 2.24) is 9.80 Å². The molecule has 0 spiro atoms. The second kappa shape index (κ2) is 7.17. The van der Waals surface area contributed by atoms with Gasteiger partial charge in [0.05, 0.1) is 11.8 Å².